The average Bonchev–Trinajstić information content (AvgIpc) is 4.17. The predicted molar refractivity (Wildman–Crippen MR) is 281 cm³/mol. The van der Waals surface area contributed by atoms with Gasteiger partial charge in [-0.3, -0.25) is 29.3 Å². The molecule has 5 N–H and O–H groups in total. The Morgan fingerprint density at radius 2 is 1.66 bits per heavy atom. The molecule has 4 aromatic rings. The summed E-state index contributed by atoms with van der Waals surface area (Å²) in [6.07, 6.45) is 7.28. The number of aryl methyl sites for hydroxylation is 1. The third kappa shape index (κ3) is 9.57. The van der Waals surface area contributed by atoms with E-state index in [1.807, 2.05) is 42.2 Å². The Balaban J connectivity index is 0.748. The molecule has 77 heavy (non-hydrogen) atoms. The zero-order valence-corrected chi connectivity index (χ0v) is 44.5. The maximum atomic E-state index is 16.8. The van der Waals surface area contributed by atoms with Crippen LogP contribution in [0.25, 0.3) is 10.9 Å². The number of aliphatic hydroxyl groups is 1. The van der Waals surface area contributed by atoms with Crippen molar-refractivity contribution in [2.75, 3.05) is 57.4 Å². The standard InChI is InChI=1S/C58H70F4N8O7/c1-32-42(59)30-45-48(57(32,4)49-40(53(63)73)15-16-44(50(49)61)76-28-27-71)33(2)58(77-45,38-9-7-6-8-10-38)31-64-39-13-11-37(12-14-39)55(74)69-24-17-35(18-25-69)34(3)68-22-19-36(20-23-68)47-43(60)29-41-52(51(47)62)67(5)66-54(41)70-26-21-46(72)65-56(70)75/h6-10,15-16,29-30,33-37,39,48,64,71H,11-14,17-28,31H2,1-5H3,(H2,63,73)(H,65,72,75). The molecule has 1 aromatic heterocycles. The van der Waals surface area contributed by atoms with Gasteiger partial charge in [0.25, 0.3) is 0 Å². The minimum Gasteiger partial charge on any atom is -0.488 e. The lowest BCUT2D eigenvalue weighted by Crippen LogP contribution is -2.50. The van der Waals surface area contributed by atoms with E-state index >= 15 is 17.6 Å². The molecule has 5 amide bonds. The van der Waals surface area contributed by atoms with E-state index in [2.05, 4.69) is 27.6 Å². The van der Waals surface area contributed by atoms with E-state index in [1.54, 1.807) is 20.9 Å². The number of piperidine rings is 2. The van der Waals surface area contributed by atoms with Gasteiger partial charge in [0.15, 0.2) is 23.2 Å². The maximum Gasteiger partial charge on any atom is 0.329 e. The molecule has 5 atom stereocenters. The highest BCUT2D eigenvalue weighted by atomic mass is 19.1. The number of amides is 5. The number of carbonyl (C=O) groups excluding carboxylic acids is 4. The number of ether oxygens (including phenoxy) is 2. The summed E-state index contributed by atoms with van der Waals surface area (Å²) in [5, 5.41) is 20.0. The predicted octanol–water partition coefficient (Wildman–Crippen LogP) is 8.14. The van der Waals surface area contributed by atoms with E-state index in [9.17, 15) is 24.3 Å². The number of nitrogens with one attached hydrogen (secondary N) is 2. The number of primary amides is 1. The van der Waals surface area contributed by atoms with Gasteiger partial charge in [-0.1, -0.05) is 44.2 Å². The zero-order chi connectivity index (χ0) is 54.7. The number of aromatic nitrogens is 2. The van der Waals surface area contributed by atoms with Crippen LogP contribution in [0.3, 0.4) is 0 Å². The number of carbonyl (C=O) groups is 4. The molecule has 5 fully saturated rings. The Labute approximate surface area is 446 Å². The first-order chi connectivity index (χ1) is 36.9. The Morgan fingerprint density at radius 3 is 2.32 bits per heavy atom. The van der Waals surface area contributed by atoms with Crippen LogP contribution in [0.4, 0.5) is 28.2 Å². The number of hydrogen-bond donors (Lipinski definition) is 4. The SMILES string of the molecule is CC1=C(F)C=C2OC(CNC3CCC(C(=O)N4CCC(C(C)N5CCC(c6c(F)cc7c(N8CCC(=O)NC8=O)nn(C)c7c6F)CC5)CC4)CC3)(c3ccccc3)C(C)C2C1(C)c1c(C(N)=O)ccc(OCCO)c1F. The molecular formula is C58H70F4N8O7. The van der Waals surface area contributed by atoms with Crippen molar-refractivity contribution in [3.05, 3.63) is 111 Å². The normalized spacial score (nSPS) is 27.1. The van der Waals surface area contributed by atoms with Gasteiger partial charge in [-0.15, -0.1) is 0 Å². The molecule has 0 bridgehead atoms. The number of imide groups is 1. The van der Waals surface area contributed by atoms with Gasteiger partial charge in [0.1, 0.15) is 35.1 Å². The van der Waals surface area contributed by atoms with Crippen LogP contribution in [-0.4, -0.2) is 113 Å². The second-order valence-corrected chi connectivity index (χ2v) is 22.4. The van der Waals surface area contributed by atoms with Gasteiger partial charge < -0.3 is 35.4 Å². The Bertz CT molecular complexity index is 3020. The third-order valence-corrected chi connectivity index (χ3v) is 18.5. The molecule has 5 unspecified atom stereocenters. The van der Waals surface area contributed by atoms with Crippen LogP contribution in [0.2, 0.25) is 0 Å². The van der Waals surface area contributed by atoms with E-state index in [-0.39, 0.29) is 101 Å². The molecule has 6 aliphatic rings. The van der Waals surface area contributed by atoms with Crippen molar-refractivity contribution >= 4 is 40.5 Å². The van der Waals surface area contributed by atoms with Crippen LogP contribution >= 0.6 is 0 Å². The minimum atomic E-state index is -1.45. The summed E-state index contributed by atoms with van der Waals surface area (Å²) in [4.78, 5) is 57.1. The molecule has 0 radical (unpaired) electrons. The lowest BCUT2D eigenvalue weighted by Gasteiger charge is -2.43. The van der Waals surface area contributed by atoms with E-state index < -0.39 is 64.0 Å². The van der Waals surface area contributed by atoms with Gasteiger partial charge in [0.05, 0.1) is 12.0 Å². The van der Waals surface area contributed by atoms with Gasteiger partial charge in [-0.2, -0.15) is 5.10 Å². The third-order valence-electron chi connectivity index (χ3n) is 18.5. The van der Waals surface area contributed by atoms with Gasteiger partial charge in [0, 0.05) is 97.7 Å². The highest BCUT2D eigenvalue weighted by Crippen LogP contribution is 2.61. The molecule has 10 rings (SSSR count). The zero-order valence-electron chi connectivity index (χ0n) is 44.5. The van der Waals surface area contributed by atoms with Gasteiger partial charge >= 0.3 is 6.03 Å². The molecule has 3 aromatic carbocycles. The van der Waals surface area contributed by atoms with Crippen molar-refractivity contribution in [1.29, 1.82) is 0 Å². The summed E-state index contributed by atoms with van der Waals surface area (Å²) in [6.45, 7) is 10.1. The minimum absolute atomic E-state index is 0.0405. The number of rotatable bonds is 14. The summed E-state index contributed by atoms with van der Waals surface area (Å²) in [6, 6.07) is 13.3. The Kier molecular flexibility index (Phi) is 15.1. The Morgan fingerprint density at radius 1 is 0.961 bits per heavy atom. The maximum absolute atomic E-state index is 16.8. The van der Waals surface area contributed by atoms with Crippen molar-refractivity contribution in [3.8, 4) is 5.75 Å². The number of halogens is 4. The number of anilines is 1. The molecule has 0 spiro atoms. The van der Waals surface area contributed by atoms with Crippen LogP contribution in [0.5, 0.6) is 5.75 Å². The summed E-state index contributed by atoms with van der Waals surface area (Å²) < 4.78 is 79.3. The molecule has 4 saturated heterocycles. The molecule has 19 heteroatoms. The van der Waals surface area contributed by atoms with Gasteiger partial charge in [0.2, 0.25) is 17.7 Å². The van der Waals surface area contributed by atoms with Crippen LogP contribution in [-0.2, 0) is 32.4 Å². The van der Waals surface area contributed by atoms with Crippen LogP contribution in [0.15, 0.2) is 71.8 Å². The summed E-state index contributed by atoms with van der Waals surface area (Å²) in [5.74, 6) is -4.76. The van der Waals surface area contributed by atoms with Gasteiger partial charge in [-0.05, 0) is 119 Å². The first kappa shape index (κ1) is 54.1. The van der Waals surface area contributed by atoms with Crippen molar-refractivity contribution in [2.45, 2.75) is 114 Å². The monoisotopic (exact) mass is 1070 g/mol. The molecule has 1 saturated carbocycles. The van der Waals surface area contributed by atoms with Crippen molar-refractivity contribution in [3.63, 3.8) is 0 Å². The van der Waals surface area contributed by atoms with E-state index in [1.165, 1.54) is 33.9 Å². The van der Waals surface area contributed by atoms with Crippen molar-refractivity contribution in [2.24, 2.45) is 36.5 Å². The van der Waals surface area contributed by atoms with E-state index in [0.29, 0.717) is 70.1 Å². The number of likely N-dealkylation sites (tertiary alicyclic amines) is 2. The largest absolute Gasteiger partial charge is 0.488 e. The fourth-order valence-electron chi connectivity index (χ4n) is 14.0. The van der Waals surface area contributed by atoms with Crippen LogP contribution in [0.1, 0.15) is 118 Å². The fraction of sp³-hybridized carbons (Fsp3) is 0.534. The number of fused-ring (bicyclic) bond motifs is 2. The van der Waals surface area contributed by atoms with Gasteiger partial charge in [-0.25, -0.2) is 22.4 Å². The highest BCUT2D eigenvalue weighted by molar-refractivity contribution is 6.09. The quantitative estimate of drug-likeness (QED) is 0.0900. The molecule has 4 aliphatic heterocycles. The fourth-order valence-corrected chi connectivity index (χ4v) is 14.0. The molecule has 5 heterocycles. The first-order valence-electron chi connectivity index (χ1n) is 27.3. The highest BCUT2D eigenvalue weighted by Gasteiger charge is 2.61. The lowest BCUT2D eigenvalue weighted by molar-refractivity contribution is -0.138. The second kappa shape index (κ2) is 21.5. The summed E-state index contributed by atoms with van der Waals surface area (Å²) >= 11 is 0. The molecule has 15 nitrogen and oxygen atoms in total. The van der Waals surface area contributed by atoms with Crippen molar-refractivity contribution in [1.82, 2.24) is 30.2 Å². The Hall–Kier alpha value is -6.31. The number of hydrogen-bond acceptors (Lipinski definition) is 10. The lowest BCUT2D eigenvalue weighted by atomic mass is 9.58. The number of nitrogens with zero attached hydrogens (tertiary/aromatic N) is 5. The van der Waals surface area contributed by atoms with E-state index in [4.69, 9.17) is 15.2 Å². The summed E-state index contributed by atoms with van der Waals surface area (Å²) in [5.41, 5.74) is 4.44. The number of nitrogens with two attached hydrogens (primary N) is 1. The molecule has 2 aliphatic carbocycles. The second-order valence-electron chi connectivity index (χ2n) is 22.4. The topological polar surface area (TPSA) is 185 Å². The molecule has 412 valence electrons. The summed E-state index contributed by atoms with van der Waals surface area (Å²) in [7, 11) is 1.56. The van der Waals surface area contributed by atoms with Crippen LogP contribution < -0.4 is 26.0 Å². The first-order valence-corrected chi connectivity index (χ1v) is 27.3. The number of benzene rings is 3. The number of aliphatic hydroxyl groups excluding tert-OH is 1. The van der Waals surface area contributed by atoms with Crippen LogP contribution in [0, 0.1) is 41.1 Å². The smallest absolute Gasteiger partial charge is 0.329 e. The van der Waals surface area contributed by atoms with E-state index in [0.717, 1.165) is 31.2 Å². The average molecular weight is 1070 g/mol. The number of urea groups is 1. The van der Waals surface area contributed by atoms with Crippen molar-refractivity contribution < 1.29 is 51.3 Å². The molecular weight excluding hydrogens is 997 g/mol. The number of allylic oxidation sites excluding steroid dienone is 4.